The molecule has 0 atom stereocenters. The Morgan fingerprint density at radius 2 is 1.80 bits per heavy atom. The highest BCUT2D eigenvalue weighted by molar-refractivity contribution is 5.95. The standard InChI is InChI=1S/C31H27F6N5O2/c32-30(33,34)27-16-23(9-12-40-27)19-41(15-1-2-21-3-5-22(18-38)6-4-21)28(43)42-20-29(10-13-39-14-11-29)25-17-24(7-8-26(25)42)44-31(35,36)37/h1-9,12,16-17,39H,10-11,13-15,19-20H2. The lowest BCUT2D eigenvalue weighted by Crippen LogP contribution is -2.47. The fourth-order valence-electron chi connectivity index (χ4n) is 5.66. The fourth-order valence-corrected chi connectivity index (χ4v) is 5.66. The average Bonchev–Trinajstić information content (AvgIpc) is 3.28. The van der Waals surface area contributed by atoms with Crippen LogP contribution in [0, 0.1) is 11.3 Å². The normalized spacial score (nSPS) is 16.2. The predicted octanol–water partition coefficient (Wildman–Crippen LogP) is 6.65. The maximum atomic E-state index is 14.2. The molecular formula is C31H27F6N5O2. The van der Waals surface area contributed by atoms with E-state index in [1.54, 1.807) is 36.4 Å². The second-order valence-electron chi connectivity index (χ2n) is 10.7. The summed E-state index contributed by atoms with van der Waals surface area (Å²) in [6, 6.07) is 14.4. The third-order valence-corrected chi connectivity index (χ3v) is 7.75. The lowest BCUT2D eigenvalue weighted by Gasteiger charge is -2.35. The van der Waals surface area contributed by atoms with E-state index >= 15 is 0 Å². The number of rotatable bonds is 6. The smallest absolute Gasteiger partial charge is 0.406 e. The first-order valence-electron chi connectivity index (χ1n) is 13.7. The zero-order valence-electron chi connectivity index (χ0n) is 23.3. The number of fused-ring (bicyclic) bond motifs is 2. The number of anilines is 1. The van der Waals surface area contributed by atoms with Crippen molar-refractivity contribution in [1.29, 1.82) is 5.26 Å². The summed E-state index contributed by atoms with van der Waals surface area (Å²) in [6.45, 7) is 1.22. The summed E-state index contributed by atoms with van der Waals surface area (Å²) >= 11 is 0. The molecule has 44 heavy (non-hydrogen) atoms. The number of aromatic nitrogens is 1. The van der Waals surface area contributed by atoms with Gasteiger partial charge in [-0.2, -0.15) is 18.4 Å². The van der Waals surface area contributed by atoms with E-state index in [-0.39, 0.29) is 30.9 Å². The van der Waals surface area contributed by atoms with Crippen molar-refractivity contribution >= 4 is 17.8 Å². The van der Waals surface area contributed by atoms with Crippen LogP contribution in [0.15, 0.2) is 66.9 Å². The van der Waals surface area contributed by atoms with E-state index in [4.69, 9.17) is 5.26 Å². The van der Waals surface area contributed by atoms with Crippen molar-refractivity contribution in [3.8, 4) is 11.8 Å². The van der Waals surface area contributed by atoms with Crippen molar-refractivity contribution in [2.75, 3.05) is 31.1 Å². The van der Waals surface area contributed by atoms with Crippen LogP contribution in [0.25, 0.3) is 6.08 Å². The van der Waals surface area contributed by atoms with Gasteiger partial charge in [-0.05, 0) is 85.1 Å². The minimum absolute atomic E-state index is 0.0121. The van der Waals surface area contributed by atoms with Gasteiger partial charge in [0.15, 0.2) is 0 Å². The Morgan fingerprint density at radius 1 is 1.07 bits per heavy atom. The number of halogens is 6. The molecule has 0 saturated carbocycles. The van der Waals surface area contributed by atoms with Crippen LogP contribution in [-0.4, -0.2) is 48.5 Å². The summed E-state index contributed by atoms with van der Waals surface area (Å²) in [7, 11) is 0. The number of carbonyl (C=O) groups excluding carboxylic acids is 1. The van der Waals surface area contributed by atoms with Crippen LogP contribution in [0.2, 0.25) is 0 Å². The van der Waals surface area contributed by atoms with Crippen LogP contribution in [0.1, 0.15) is 40.8 Å². The van der Waals surface area contributed by atoms with Gasteiger partial charge >= 0.3 is 18.6 Å². The van der Waals surface area contributed by atoms with E-state index in [1.807, 2.05) is 6.07 Å². The van der Waals surface area contributed by atoms with Gasteiger partial charge in [-0.1, -0.05) is 24.3 Å². The predicted molar refractivity (Wildman–Crippen MR) is 149 cm³/mol. The number of ether oxygens (including phenoxy) is 1. The average molecular weight is 616 g/mol. The number of pyridine rings is 1. The number of hydrogen-bond acceptors (Lipinski definition) is 5. The molecule has 1 aromatic heterocycles. The first kappa shape index (κ1) is 30.9. The minimum atomic E-state index is -4.89. The Hall–Kier alpha value is -4.57. The first-order chi connectivity index (χ1) is 20.9. The molecule has 230 valence electrons. The molecule has 2 aliphatic heterocycles. The summed E-state index contributed by atoms with van der Waals surface area (Å²) < 4.78 is 83.4. The molecule has 5 rings (SSSR count). The van der Waals surface area contributed by atoms with Gasteiger partial charge < -0.3 is 15.0 Å². The highest BCUT2D eigenvalue weighted by Gasteiger charge is 2.47. The van der Waals surface area contributed by atoms with Gasteiger partial charge in [0.2, 0.25) is 0 Å². The second-order valence-corrected chi connectivity index (χ2v) is 10.7. The molecule has 2 aliphatic rings. The molecule has 0 unspecified atom stereocenters. The van der Waals surface area contributed by atoms with Crippen LogP contribution in [0.4, 0.5) is 36.8 Å². The van der Waals surface area contributed by atoms with Gasteiger partial charge in [-0.3, -0.25) is 9.88 Å². The van der Waals surface area contributed by atoms with Crippen LogP contribution < -0.4 is 15.0 Å². The summed E-state index contributed by atoms with van der Waals surface area (Å²) in [5, 5.41) is 12.3. The molecule has 3 heterocycles. The molecule has 2 aromatic carbocycles. The highest BCUT2D eigenvalue weighted by Crippen LogP contribution is 2.48. The number of nitrogens with zero attached hydrogens (tertiary/aromatic N) is 4. The highest BCUT2D eigenvalue weighted by atomic mass is 19.4. The zero-order valence-corrected chi connectivity index (χ0v) is 23.3. The van der Waals surface area contributed by atoms with E-state index in [0.717, 1.165) is 23.9 Å². The molecule has 0 aliphatic carbocycles. The van der Waals surface area contributed by atoms with Gasteiger partial charge in [0.25, 0.3) is 0 Å². The van der Waals surface area contributed by atoms with Crippen molar-refractivity contribution < 1.29 is 35.9 Å². The summed E-state index contributed by atoms with van der Waals surface area (Å²) in [4.78, 5) is 20.4. The number of benzene rings is 2. The van der Waals surface area contributed by atoms with Crippen LogP contribution >= 0.6 is 0 Å². The zero-order chi connectivity index (χ0) is 31.5. The summed E-state index contributed by atoms with van der Waals surface area (Å²) in [5.41, 5.74) is 0.706. The van der Waals surface area contributed by atoms with Gasteiger partial charge in [0.1, 0.15) is 11.4 Å². The van der Waals surface area contributed by atoms with E-state index in [0.29, 0.717) is 42.7 Å². The quantitative estimate of drug-likeness (QED) is 0.314. The van der Waals surface area contributed by atoms with E-state index in [2.05, 4.69) is 15.0 Å². The maximum Gasteiger partial charge on any atom is 0.573 e. The number of carbonyl (C=O) groups is 1. The molecule has 1 N–H and O–H groups in total. The van der Waals surface area contributed by atoms with Gasteiger partial charge in [0.05, 0.1) is 11.6 Å². The number of nitriles is 1. The minimum Gasteiger partial charge on any atom is -0.406 e. The van der Waals surface area contributed by atoms with Crippen molar-refractivity contribution in [1.82, 2.24) is 15.2 Å². The molecular weight excluding hydrogens is 588 g/mol. The van der Waals surface area contributed by atoms with Crippen molar-refractivity contribution in [3.05, 3.63) is 94.8 Å². The summed E-state index contributed by atoms with van der Waals surface area (Å²) in [6.07, 6.45) is -3.99. The van der Waals surface area contributed by atoms with Gasteiger partial charge in [-0.25, -0.2) is 4.79 Å². The molecule has 0 radical (unpaired) electrons. The third-order valence-electron chi connectivity index (χ3n) is 7.75. The fraction of sp³-hybridized carbons (Fsp3) is 0.323. The number of piperidine rings is 1. The van der Waals surface area contributed by atoms with Crippen molar-refractivity contribution in [2.24, 2.45) is 0 Å². The molecule has 7 nitrogen and oxygen atoms in total. The SMILES string of the molecule is N#Cc1ccc(C=CCN(Cc2ccnc(C(F)(F)F)c2)C(=O)N2CC3(CCNCC3)c3cc(OC(F)(F)F)ccc32)cc1. The number of nitrogens with one attached hydrogen (secondary N) is 1. The second kappa shape index (κ2) is 12.2. The molecule has 3 aromatic rings. The topological polar surface area (TPSA) is 81.5 Å². The Labute approximate surface area is 249 Å². The maximum absolute atomic E-state index is 14.2. The number of urea groups is 1. The van der Waals surface area contributed by atoms with Crippen molar-refractivity contribution in [3.63, 3.8) is 0 Å². The first-order valence-corrected chi connectivity index (χ1v) is 13.7. The van der Waals surface area contributed by atoms with Crippen LogP contribution in [0.3, 0.4) is 0 Å². The van der Waals surface area contributed by atoms with Crippen LogP contribution in [0.5, 0.6) is 5.75 Å². The number of alkyl halides is 6. The Morgan fingerprint density at radius 3 is 2.45 bits per heavy atom. The van der Waals surface area contributed by atoms with E-state index in [9.17, 15) is 31.1 Å². The lowest BCUT2D eigenvalue weighted by atomic mass is 9.75. The Kier molecular flexibility index (Phi) is 8.56. The molecule has 1 fully saturated rings. The van der Waals surface area contributed by atoms with Gasteiger partial charge in [-0.15, -0.1) is 13.2 Å². The van der Waals surface area contributed by atoms with Gasteiger partial charge in [0, 0.05) is 36.9 Å². The molecule has 0 bridgehead atoms. The van der Waals surface area contributed by atoms with E-state index in [1.165, 1.54) is 28.0 Å². The number of amides is 2. The molecule has 1 spiro atoms. The third kappa shape index (κ3) is 6.97. The molecule has 1 saturated heterocycles. The van der Waals surface area contributed by atoms with E-state index < -0.39 is 29.7 Å². The Bertz CT molecular complexity index is 1570. The molecule has 13 heteroatoms. The van der Waals surface area contributed by atoms with Crippen LogP contribution in [-0.2, 0) is 18.1 Å². The largest absolute Gasteiger partial charge is 0.573 e. The number of hydrogen-bond donors (Lipinski definition) is 1. The summed E-state index contributed by atoms with van der Waals surface area (Å²) in [5.74, 6) is -0.387. The molecule has 2 amide bonds. The van der Waals surface area contributed by atoms with Crippen molar-refractivity contribution in [2.45, 2.75) is 37.3 Å². The lowest BCUT2D eigenvalue weighted by molar-refractivity contribution is -0.274. The monoisotopic (exact) mass is 615 g/mol. The Balaban J connectivity index is 1.47.